The van der Waals surface area contributed by atoms with Crippen LogP contribution < -0.4 is 5.32 Å². The molecule has 9 heteroatoms. The molecule has 1 unspecified atom stereocenters. The summed E-state index contributed by atoms with van der Waals surface area (Å²) in [6, 6.07) is 9.55. The van der Waals surface area contributed by atoms with E-state index in [1.807, 2.05) is 30.0 Å². The van der Waals surface area contributed by atoms with E-state index in [4.69, 9.17) is 10.3 Å². The number of rotatable bonds is 3. The van der Waals surface area contributed by atoms with Crippen LogP contribution in [0.1, 0.15) is 30.1 Å². The zero-order chi connectivity index (χ0) is 19.5. The number of tetrazole rings is 1. The molecule has 4 rings (SSSR count). The number of aromatic nitrogens is 4. The van der Waals surface area contributed by atoms with Crippen LogP contribution in [0.2, 0.25) is 0 Å². The van der Waals surface area contributed by atoms with Crippen molar-refractivity contribution in [3.05, 3.63) is 48.4 Å². The maximum absolute atomic E-state index is 13.2. The number of hydrogen-bond acceptors (Lipinski definition) is 6. The number of benzene rings is 1. The minimum absolute atomic E-state index is 0.00366. The first-order valence-corrected chi connectivity index (χ1v) is 9.18. The Morgan fingerprint density at radius 3 is 3.04 bits per heavy atom. The molecule has 0 spiro atoms. The minimum Gasteiger partial charge on any atom is -0.351 e. The Balaban J connectivity index is 1.53. The topological polar surface area (TPSA) is 112 Å². The summed E-state index contributed by atoms with van der Waals surface area (Å²) in [4.78, 5) is 21.2. The summed E-state index contributed by atoms with van der Waals surface area (Å²) in [7, 11) is 0. The van der Waals surface area contributed by atoms with Crippen molar-refractivity contribution in [2.75, 3.05) is 6.54 Å². The summed E-state index contributed by atoms with van der Waals surface area (Å²) in [6.07, 6.45) is 6.29. The largest absolute Gasteiger partial charge is 0.351 e. The molecule has 0 saturated carbocycles. The lowest BCUT2D eigenvalue weighted by molar-refractivity contribution is 0.0745. The second-order valence-electron chi connectivity index (χ2n) is 6.96. The highest BCUT2D eigenvalue weighted by Gasteiger charge is 2.34. The van der Waals surface area contributed by atoms with Gasteiger partial charge in [-0.15, -0.1) is 15.0 Å². The maximum Gasteiger partial charge on any atom is 0.256 e. The lowest BCUT2D eigenvalue weighted by Gasteiger charge is -2.22. The third-order valence-electron chi connectivity index (χ3n) is 5.01. The van der Waals surface area contributed by atoms with Gasteiger partial charge in [0.1, 0.15) is 11.5 Å². The van der Waals surface area contributed by atoms with E-state index in [2.05, 4.69) is 26.8 Å². The van der Waals surface area contributed by atoms with Gasteiger partial charge in [-0.05, 0) is 36.9 Å². The van der Waals surface area contributed by atoms with Gasteiger partial charge in [-0.2, -0.15) is 5.26 Å². The van der Waals surface area contributed by atoms with Crippen LogP contribution in [0, 0.1) is 17.2 Å². The first-order valence-electron chi connectivity index (χ1n) is 9.18. The van der Waals surface area contributed by atoms with Crippen LogP contribution >= 0.6 is 0 Å². The van der Waals surface area contributed by atoms with Crippen LogP contribution in [0.4, 0.5) is 0 Å². The van der Waals surface area contributed by atoms with Crippen molar-refractivity contribution in [2.24, 2.45) is 10.9 Å². The standard InChI is InChI=1S/C19H20N8O/c1-13-8-15(24-18-9-14(10-20)6-7-21-18)11-26(13)19(28)16-4-2-3-5-17(16)27-23-12-22-25-27/h2-7,12-15H,8-9,11H2,1H3,(H,21,24)/t13-,14?,15-/m1/s1. The molecule has 3 heterocycles. The summed E-state index contributed by atoms with van der Waals surface area (Å²) in [5, 5.41) is 23.9. The minimum atomic E-state index is -0.154. The Kier molecular flexibility index (Phi) is 4.85. The van der Waals surface area contributed by atoms with Gasteiger partial charge in [-0.1, -0.05) is 18.2 Å². The molecule has 1 fully saturated rings. The monoisotopic (exact) mass is 376 g/mol. The third-order valence-corrected chi connectivity index (χ3v) is 5.01. The number of carbonyl (C=O) groups is 1. The summed E-state index contributed by atoms with van der Waals surface area (Å²) < 4.78 is 0. The summed E-state index contributed by atoms with van der Waals surface area (Å²) in [5.41, 5.74) is 1.13. The van der Waals surface area contributed by atoms with Crippen LogP contribution in [0.15, 0.2) is 47.9 Å². The predicted octanol–water partition coefficient (Wildman–Crippen LogP) is 1.31. The van der Waals surface area contributed by atoms with Crippen molar-refractivity contribution in [3.8, 4) is 11.8 Å². The summed E-state index contributed by atoms with van der Waals surface area (Å²) >= 11 is 0. The van der Waals surface area contributed by atoms with E-state index in [1.54, 1.807) is 18.3 Å². The molecular formula is C19H20N8O. The molecule has 2 aliphatic heterocycles. The van der Waals surface area contributed by atoms with Gasteiger partial charge < -0.3 is 10.2 Å². The average molecular weight is 376 g/mol. The number of amides is 1. The molecule has 2 aromatic rings. The van der Waals surface area contributed by atoms with Gasteiger partial charge in [0.25, 0.3) is 5.91 Å². The number of likely N-dealkylation sites (tertiary alicyclic amines) is 1. The molecule has 1 aromatic carbocycles. The van der Waals surface area contributed by atoms with E-state index in [-0.39, 0.29) is 23.9 Å². The second-order valence-corrected chi connectivity index (χ2v) is 6.96. The normalized spacial score (nSPS) is 25.5. The van der Waals surface area contributed by atoms with E-state index in [0.717, 1.165) is 12.3 Å². The van der Waals surface area contributed by atoms with Crippen LogP contribution in [-0.2, 0) is 0 Å². The summed E-state index contributed by atoms with van der Waals surface area (Å²) in [6.45, 7) is 2.56. The number of carbonyl (C=O) groups excluding carboxylic acids is 1. The van der Waals surface area contributed by atoms with Crippen molar-refractivity contribution < 1.29 is 4.79 Å². The smallest absolute Gasteiger partial charge is 0.256 e. The lowest BCUT2D eigenvalue weighted by atomic mass is 10.0. The molecule has 1 N–H and O–H groups in total. The molecule has 0 aliphatic carbocycles. The Hall–Kier alpha value is -3.54. The van der Waals surface area contributed by atoms with Crippen molar-refractivity contribution in [1.29, 1.82) is 5.26 Å². The first-order chi connectivity index (χ1) is 13.7. The van der Waals surface area contributed by atoms with Crippen molar-refractivity contribution in [2.45, 2.75) is 31.8 Å². The highest BCUT2D eigenvalue weighted by Crippen LogP contribution is 2.25. The Morgan fingerprint density at radius 1 is 1.39 bits per heavy atom. The van der Waals surface area contributed by atoms with Crippen LogP contribution in [0.25, 0.3) is 5.69 Å². The van der Waals surface area contributed by atoms with Crippen molar-refractivity contribution in [3.63, 3.8) is 0 Å². The third kappa shape index (κ3) is 3.49. The van der Waals surface area contributed by atoms with Gasteiger partial charge in [0, 0.05) is 19.0 Å². The van der Waals surface area contributed by atoms with Crippen LogP contribution in [0.3, 0.4) is 0 Å². The number of nitriles is 1. The molecule has 1 saturated heterocycles. The SMILES string of the molecule is C[C@@H]1C[C@@H](N=C2CC(C#N)C=CN2)CN1C(=O)c1ccccc1-n1ncnn1. The number of hydrogen-bond donors (Lipinski definition) is 1. The van der Waals surface area contributed by atoms with Crippen LogP contribution in [0.5, 0.6) is 0 Å². The zero-order valence-electron chi connectivity index (χ0n) is 15.4. The van der Waals surface area contributed by atoms with Gasteiger partial charge in [-0.25, -0.2) is 0 Å². The Labute approximate surface area is 162 Å². The summed E-state index contributed by atoms with van der Waals surface area (Å²) in [5.74, 6) is 0.570. The fourth-order valence-electron chi connectivity index (χ4n) is 3.63. The zero-order valence-corrected chi connectivity index (χ0v) is 15.4. The number of nitrogens with zero attached hydrogens (tertiary/aromatic N) is 7. The van der Waals surface area contributed by atoms with Gasteiger partial charge in [0.2, 0.25) is 0 Å². The first kappa shape index (κ1) is 17.9. The molecule has 142 valence electrons. The molecule has 1 aromatic heterocycles. The lowest BCUT2D eigenvalue weighted by Crippen LogP contribution is -2.35. The number of allylic oxidation sites excluding steroid dienone is 1. The van der Waals surface area contributed by atoms with E-state index >= 15 is 0 Å². The number of nitrogens with one attached hydrogen (secondary N) is 1. The number of para-hydroxylation sites is 1. The van der Waals surface area contributed by atoms with Gasteiger partial charge >= 0.3 is 0 Å². The fourth-order valence-corrected chi connectivity index (χ4v) is 3.63. The van der Waals surface area contributed by atoms with E-state index in [1.165, 1.54) is 11.1 Å². The highest BCUT2D eigenvalue weighted by molar-refractivity contribution is 5.98. The van der Waals surface area contributed by atoms with Crippen molar-refractivity contribution >= 4 is 11.7 Å². The second kappa shape index (κ2) is 7.60. The quantitative estimate of drug-likeness (QED) is 0.864. The molecule has 28 heavy (non-hydrogen) atoms. The van der Waals surface area contributed by atoms with E-state index in [0.29, 0.717) is 24.2 Å². The van der Waals surface area contributed by atoms with E-state index in [9.17, 15) is 4.79 Å². The average Bonchev–Trinajstić information content (AvgIpc) is 3.37. The maximum atomic E-state index is 13.2. The van der Waals surface area contributed by atoms with Crippen LogP contribution in [-0.4, -0.2) is 55.5 Å². The number of amidine groups is 1. The molecule has 2 aliphatic rings. The fraction of sp³-hybridized carbons (Fsp3) is 0.368. The Morgan fingerprint density at radius 2 is 2.25 bits per heavy atom. The van der Waals surface area contributed by atoms with Gasteiger partial charge in [0.05, 0.1) is 23.6 Å². The van der Waals surface area contributed by atoms with E-state index < -0.39 is 0 Å². The number of aliphatic imine (C=N–C) groups is 1. The predicted molar refractivity (Wildman–Crippen MR) is 101 cm³/mol. The molecule has 1 amide bonds. The molecule has 9 nitrogen and oxygen atoms in total. The van der Waals surface area contributed by atoms with Gasteiger partial charge in [-0.3, -0.25) is 9.79 Å². The van der Waals surface area contributed by atoms with Gasteiger partial charge in [0.15, 0.2) is 6.33 Å². The molecule has 0 radical (unpaired) electrons. The highest BCUT2D eigenvalue weighted by atomic mass is 16.2. The molecule has 3 atom stereocenters. The Bertz CT molecular complexity index is 959. The molecular weight excluding hydrogens is 356 g/mol. The van der Waals surface area contributed by atoms with Crippen molar-refractivity contribution in [1.82, 2.24) is 30.4 Å². The molecule has 0 bridgehead atoms.